The predicted molar refractivity (Wildman–Crippen MR) is 77.1 cm³/mol. The van der Waals surface area contributed by atoms with Crippen LogP contribution in [0.1, 0.15) is 49.7 Å². The number of pyridine rings is 1. The van der Waals surface area contributed by atoms with Crippen LogP contribution in [0.15, 0.2) is 12.1 Å². The summed E-state index contributed by atoms with van der Waals surface area (Å²) < 4.78 is 0. The number of aromatic nitrogens is 1. The standard InChI is InChI=1S/C14H19ClN2O3/c1-8(2)10-6-9(7-11(15)16-10)12(18)17(5)14(3,4)13(19)20/h6-8H,1-5H3,(H,19,20). The van der Waals surface area contributed by atoms with Crippen molar-refractivity contribution < 1.29 is 14.7 Å². The lowest BCUT2D eigenvalue weighted by Gasteiger charge is -2.31. The predicted octanol–water partition coefficient (Wildman–Crippen LogP) is 2.79. The van der Waals surface area contributed by atoms with Crippen molar-refractivity contribution in [1.82, 2.24) is 9.88 Å². The van der Waals surface area contributed by atoms with Gasteiger partial charge in [0.05, 0.1) is 0 Å². The number of amides is 1. The molecule has 0 radical (unpaired) electrons. The van der Waals surface area contributed by atoms with Gasteiger partial charge >= 0.3 is 5.97 Å². The highest BCUT2D eigenvalue weighted by Crippen LogP contribution is 2.21. The fraction of sp³-hybridized carbons (Fsp3) is 0.500. The van der Waals surface area contributed by atoms with E-state index in [4.69, 9.17) is 11.6 Å². The van der Waals surface area contributed by atoms with Gasteiger partial charge in [-0.1, -0.05) is 25.4 Å². The van der Waals surface area contributed by atoms with E-state index in [9.17, 15) is 14.7 Å². The molecule has 0 spiro atoms. The Labute approximate surface area is 123 Å². The van der Waals surface area contributed by atoms with E-state index >= 15 is 0 Å². The molecule has 0 aliphatic carbocycles. The molecule has 0 bridgehead atoms. The molecule has 0 saturated heterocycles. The van der Waals surface area contributed by atoms with Gasteiger partial charge in [0.25, 0.3) is 5.91 Å². The SMILES string of the molecule is CC(C)c1cc(C(=O)N(C)C(C)(C)C(=O)O)cc(Cl)n1. The zero-order valence-electron chi connectivity index (χ0n) is 12.3. The van der Waals surface area contributed by atoms with Crippen molar-refractivity contribution in [3.63, 3.8) is 0 Å². The maximum absolute atomic E-state index is 12.4. The van der Waals surface area contributed by atoms with E-state index in [2.05, 4.69) is 4.98 Å². The van der Waals surface area contributed by atoms with Gasteiger partial charge in [-0.3, -0.25) is 4.79 Å². The highest BCUT2D eigenvalue weighted by molar-refractivity contribution is 6.29. The molecule has 0 saturated carbocycles. The van der Waals surface area contributed by atoms with Gasteiger partial charge in [0.15, 0.2) is 0 Å². The number of halogens is 1. The zero-order chi connectivity index (χ0) is 15.7. The quantitative estimate of drug-likeness (QED) is 0.868. The Bertz CT molecular complexity index is 541. The molecule has 1 amide bonds. The molecule has 0 aliphatic heterocycles. The molecule has 0 aromatic carbocycles. The largest absolute Gasteiger partial charge is 0.480 e. The number of rotatable bonds is 4. The minimum absolute atomic E-state index is 0.123. The van der Waals surface area contributed by atoms with Gasteiger partial charge in [-0.15, -0.1) is 0 Å². The van der Waals surface area contributed by atoms with E-state index in [1.54, 1.807) is 6.07 Å². The van der Waals surface area contributed by atoms with E-state index in [-0.39, 0.29) is 11.1 Å². The van der Waals surface area contributed by atoms with Crippen molar-refractivity contribution in [3.05, 3.63) is 28.5 Å². The van der Waals surface area contributed by atoms with Gasteiger partial charge < -0.3 is 10.0 Å². The van der Waals surface area contributed by atoms with Crippen molar-refractivity contribution in [2.24, 2.45) is 0 Å². The second kappa shape index (κ2) is 5.79. The summed E-state index contributed by atoms with van der Waals surface area (Å²) in [6.07, 6.45) is 0. The monoisotopic (exact) mass is 298 g/mol. The number of hydrogen-bond donors (Lipinski definition) is 1. The molecule has 1 aromatic heterocycles. The topological polar surface area (TPSA) is 70.5 Å². The van der Waals surface area contributed by atoms with Gasteiger partial charge in [-0.25, -0.2) is 9.78 Å². The van der Waals surface area contributed by atoms with Crippen molar-refractivity contribution >= 4 is 23.5 Å². The summed E-state index contributed by atoms with van der Waals surface area (Å²) in [6, 6.07) is 3.09. The lowest BCUT2D eigenvalue weighted by molar-refractivity contribution is -0.147. The minimum atomic E-state index is -1.30. The fourth-order valence-corrected chi connectivity index (χ4v) is 1.74. The molecule has 1 heterocycles. The van der Waals surface area contributed by atoms with Crippen LogP contribution < -0.4 is 0 Å². The average molecular weight is 299 g/mol. The van der Waals surface area contributed by atoms with Gasteiger partial charge in [-0.2, -0.15) is 0 Å². The highest BCUT2D eigenvalue weighted by Gasteiger charge is 2.35. The van der Waals surface area contributed by atoms with Crippen LogP contribution in [0.25, 0.3) is 0 Å². The fourth-order valence-electron chi connectivity index (χ4n) is 1.53. The van der Waals surface area contributed by atoms with Crippen molar-refractivity contribution in [1.29, 1.82) is 0 Å². The number of carbonyl (C=O) groups excluding carboxylic acids is 1. The molecule has 1 rings (SSSR count). The summed E-state index contributed by atoms with van der Waals surface area (Å²) in [5.41, 5.74) is -0.266. The van der Waals surface area contributed by atoms with E-state index in [1.807, 2.05) is 13.8 Å². The summed E-state index contributed by atoms with van der Waals surface area (Å²) in [5.74, 6) is -1.35. The van der Waals surface area contributed by atoms with Gasteiger partial charge in [0.1, 0.15) is 10.7 Å². The number of nitrogens with zero attached hydrogens (tertiary/aromatic N) is 2. The van der Waals surface area contributed by atoms with Crippen molar-refractivity contribution in [2.45, 2.75) is 39.2 Å². The second-order valence-electron chi connectivity index (χ2n) is 5.49. The molecule has 20 heavy (non-hydrogen) atoms. The van der Waals surface area contributed by atoms with Crippen LogP contribution in [-0.4, -0.2) is 39.5 Å². The average Bonchev–Trinajstić information content (AvgIpc) is 2.35. The first-order valence-electron chi connectivity index (χ1n) is 6.26. The van der Waals surface area contributed by atoms with Crippen LogP contribution in [0.2, 0.25) is 5.15 Å². The van der Waals surface area contributed by atoms with Crippen LogP contribution in [-0.2, 0) is 4.79 Å². The van der Waals surface area contributed by atoms with Gasteiger partial charge in [-0.05, 0) is 31.9 Å². The Balaban J connectivity index is 3.18. The number of aliphatic carboxylic acids is 1. The van der Waals surface area contributed by atoms with E-state index in [0.29, 0.717) is 11.3 Å². The molecule has 1 aromatic rings. The Morgan fingerprint density at radius 3 is 2.35 bits per heavy atom. The molecule has 0 aliphatic rings. The number of likely N-dealkylation sites (N-methyl/N-ethyl adjacent to an activating group) is 1. The summed E-state index contributed by atoms with van der Waals surface area (Å²) in [6.45, 7) is 6.83. The summed E-state index contributed by atoms with van der Waals surface area (Å²) in [4.78, 5) is 28.9. The smallest absolute Gasteiger partial charge is 0.329 e. The molecule has 1 N–H and O–H groups in total. The zero-order valence-corrected chi connectivity index (χ0v) is 13.0. The summed E-state index contributed by atoms with van der Waals surface area (Å²) >= 11 is 5.92. The van der Waals surface area contributed by atoms with E-state index in [0.717, 1.165) is 0 Å². The second-order valence-corrected chi connectivity index (χ2v) is 5.87. The highest BCUT2D eigenvalue weighted by atomic mass is 35.5. The summed E-state index contributed by atoms with van der Waals surface area (Å²) in [7, 11) is 1.46. The lowest BCUT2D eigenvalue weighted by Crippen LogP contribution is -2.50. The molecule has 110 valence electrons. The van der Waals surface area contributed by atoms with Crippen LogP contribution in [0.4, 0.5) is 0 Å². The van der Waals surface area contributed by atoms with E-state index in [1.165, 1.54) is 31.9 Å². The third-order valence-corrected chi connectivity index (χ3v) is 3.51. The maximum atomic E-state index is 12.4. The summed E-state index contributed by atoms with van der Waals surface area (Å²) in [5, 5.41) is 9.40. The third kappa shape index (κ3) is 3.28. The van der Waals surface area contributed by atoms with Crippen LogP contribution >= 0.6 is 11.6 Å². The van der Waals surface area contributed by atoms with Gasteiger partial charge in [0, 0.05) is 18.3 Å². The first-order chi connectivity index (χ1) is 9.07. The molecule has 0 fully saturated rings. The maximum Gasteiger partial charge on any atom is 0.329 e. The minimum Gasteiger partial charge on any atom is -0.480 e. The number of hydrogen-bond acceptors (Lipinski definition) is 3. The van der Waals surface area contributed by atoms with Crippen molar-refractivity contribution in [2.75, 3.05) is 7.05 Å². The van der Waals surface area contributed by atoms with Crippen LogP contribution in [0.5, 0.6) is 0 Å². The number of carboxylic acid groups (broad SMARTS) is 1. The number of carboxylic acids is 1. The Morgan fingerprint density at radius 2 is 1.90 bits per heavy atom. The lowest BCUT2D eigenvalue weighted by atomic mass is 10.0. The van der Waals surface area contributed by atoms with Crippen molar-refractivity contribution in [3.8, 4) is 0 Å². The normalized spacial score (nSPS) is 11.6. The first kappa shape index (κ1) is 16.4. The Kier molecular flexibility index (Phi) is 4.76. The molecular formula is C14H19ClN2O3. The molecule has 5 nitrogen and oxygen atoms in total. The Hall–Kier alpha value is -1.62. The molecule has 0 unspecified atom stereocenters. The third-order valence-electron chi connectivity index (χ3n) is 3.32. The molecule has 0 atom stereocenters. The van der Waals surface area contributed by atoms with Gasteiger partial charge in [0.2, 0.25) is 0 Å². The molecular weight excluding hydrogens is 280 g/mol. The van der Waals surface area contributed by atoms with Crippen LogP contribution in [0, 0.1) is 0 Å². The number of carbonyl (C=O) groups is 2. The first-order valence-corrected chi connectivity index (χ1v) is 6.64. The Morgan fingerprint density at radius 1 is 1.35 bits per heavy atom. The van der Waals surface area contributed by atoms with E-state index < -0.39 is 17.4 Å². The molecule has 6 heteroatoms. The van der Waals surface area contributed by atoms with Crippen LogP contribution in [0.3, 0.4) is 0 Å².